The predicted octanol–water partition coefficient (Wildman–Crippen LogP) is 3.62. The Hall–Kier alpha value is -2.74. The highest BCUT2D eigenvalue weighted by molar-refractivity contribution is 5.76. The van der Waals surface area contributed by atoms with Crippen molar-refractivity contribution in [3.05, 3.63) is 65.5 Å². The van der Waals surface area contributed by atoms with Crippen LogP contribution in [0.3, 0.4) is 0 Å². The molecule has 1 heterocycles. The monoisotopic (exact) mass is 297 g/mol. The van der Waals surface area contributed by atoms with E-state index in [1.807, 2.05) is 36.4 Å². The maximum Gasteiger partial charge on any atom is 0.161 e. The van der Waals surface area contributed by atoms with Crippen LogP contribution in [0, 0.1) is 23.0 Å². The summed E-state index contributed by atoms with van der Waals surface area (Å²) in [7, 11) is 0. The van der Waals surface area contributed by atoms with Crippen molar-refractivity contribution >= 4 is 11.0 Å². The summed E-state index contributed by atoms with van der Waals surface area (Å²) in [4.78, 5) is 4.35. The van der Waals surface area contributed by atoms with Crippen LogP contribution in [0.5, 0.6) is 0 Å². The van der Waals surface area contributed by atoms with Crippen LogP contribution in [0.1, 0.15) is 11.4 Å². The average molecular weight is 297 g/mol. The van der Waals surface area contributed by atoms with Crippen LogP contribution in [0.4, 0.5) is 8.78 Å². The summed E-state index contributed by atoms with van der Waals surface area (Å²) in [5.41, 5.74) is 1.97. The first kappa shape index (κ1) is 14.2. The Morgan fingerprint density at radius 1 is 1.05 bits per heavy atom. The second-order valence-electron chi connectivity index (χ2n) is 5.01. The first-order valence-corrected chi connectivity index (χ1v) is 6.94. The van der Waals surface area contributed by atoms with Gasteiger partial charge in [-0.25, -0.2) is 13.8 Å². The van der Waals surface area contributed by atoms with Gasteiger partial charge in [-0.3, -0.25) is 0 Å². The van der Waals surface area contributed by atoms with Crippen molar-refractivity contribution in [3.8, 4) is 6.07 Å². The molecule has 0 aliphatic carbocycles. The smallest absolute Gasteiger partial charge is 0.161 e. The van der Waals surface area contributed by atoms with Crippen LogP contribution in [-0.4, -0.2) is 9.55 Å². The van der Waals surface area contributed by atoms with Crippen molar-refractivity contribution in [2.45, 2.75) is 19.4 Å². The van der Waals surface area contributed by atoms with Gasteiger partial charge in [-0.15, -0.1) is 0 Å². The van der Waals surface area contributed by atoms with Crippen molar-refractivity contribution in [1.82, 2.24) is 9.55 Å². The van der Waals surface area contributed by atoms with Crippen LogP contribution >= 0.6 is 0 Å². The molecule has 1 aromatic heterocycles. The van der Waals surface area contributed by atoms with E-state index in [4.69, 9.17) is 5.26 Å². The minimum Gasteiger partial charge on any atom is -0.314 e. The van der Waals surface area contributed by atoms with Gasteiger partial charge in [0.1, 0.15) is 12.4 Å². The van der Waals surface area contributed by atoms with Gasteiger partial charge in [-0.1, -0.05) is 30.3 Å². The highest BCUT2D eigenvalue weighted by Crippen LogP contribution is 2.21. The van der Waals surface area contributed by atoms with Crippen LogP contribution < -0.4 is 0 Å². The molecule has 0 unspecified atom stereocenters. The number of rotatable bonds is 4. The molecule has 0 saturated heterocycles. The number of aromatic nitrogens is 2. The lowest BCUT2D eigenvalue weighted by Crippen LogP contribution is -2.04. The van der Waals surface area contributed by atoms with Crippen molar-refractivity contribution in [2.75, 3.05) is 0 Å². The summed E-state index contributed by atoms with van der Waals surface area (Å²) in [6, 6.07) is 14.1. The predicted molar refractivity (Wildman–Crippen MR) is 79.1 cm³/mol. The highest BCUT2D eigenvalue weighted by Gasteiger charge is 2.14. The maximum absolute atomic E-state index is 13.4. The van der Waals surface area contributed by atoms with Gasteiger partial charge < -0.3 is 4.57 Å². The van der Waals surface area contributed by atoms with Crippen LogP contribution in [0.2, 0.25) is 0 Å². The third-order valence-electron chi connectivity index (χ3n) is 3.58. The van der Waals surface area contributed by atoms with Gasteiger partial charge in [0.05, 0.1) is 17.1 Å². The van der Waals surface area contributed by atoms with E-state index in [-0.39, 0.29) is 6.54 Å². The number of hydrogen-bond acceptors (Lipinski definition) is 2. The summed E-state index contributed by atoms with van der Waals surface area (Å²) in [6.07, 6.45) is 1.35. The molecule has 3 nitrogen and oxygen atoms in total. The Morgan fingerprint density at radius 3 is 2.50 bits per heavy atom. The fourth-order valence-corrected chi connectivity index (χ4v) is 2.51. The molecule has 0 radical (unpaired) electrons. The van der Waals surface area contributed by atoms with Crippen LogP contribution in [0.25, 0.3) is 11.0 Å². The number of benzene rings is 2. The molecular weight excluding hydrogens is 284 g/mol. The number of imidazole rings is 1. The Morgan fingerprint density at radius 2 is 1.77 bits per heavy atom. The van der Waals surface area contributed by atoms with Crippen molar-refractivity contribution in [2.24, 2.45) is 0 Å². The third-order valence-corrected chi connectivity index (χ3v) is 3.58. The zero-order valence-corrected chi connectivity index (χ0v) is 11.8. The fraction of sp³-hybridized carbons (Fsp3) is 0.176. The molecule has 5 heteroatoms. The topological polar surface area (TPSA) is 41.6 Å². The van der Waals surface area contributed by atoms with Crippen molar-refractivity contribution in [3.63, 3.8) is 0 Å². The van der Waals surface area contributed by atoms with Gasteiger partial charge >= 0.3 is 0 Å². The Bertz CT molecular complexity index is 848. The zero-order valence-electron chi connectivity index (χ0n) is 11.8. The normalized spacial score (nSPS) is 10.8. The SMILES string of the molecule is N#CCn1c(CCc2ccccc2)nc2cc(F)c(F)cc21. The Balaban J connectivity index is 1.97. The van der Waals surface area contributed by atoms with Crippen LogP contribution in [0.15, 0.2) is 42.5 Å². The maximum atomic E-state index is 13.4. The summed E-state index contributed by atoms with van der Waals surface area (Å²) >= 11 is 0. The summed E-state index contributed by atoms with van der Waals surface area (Å²) in [6.45, 7) is 0.0612. The molecule has 3 rings (SSSR count). The first-order valence-electron chi connectivity index (χ1n) is 6.94. The number of fused-ring (bicyclic) bond motifs is 1. The van der Waals surface area contributed by atoms with E-state index in [0.717, 1.165) is 24.1 Å². The second kappa shape index (κ2) is 5.94. The lowest BCUT2D eigenvalue weighted by atomic mass is 10.1. The summed E-state index contributed by atoms with van der Waals surface area (Å²) < 4.78 is 28.4. The molecule has 0 fully saturated rings. The van der Waals surface area contributed by atoms with E-state index >= 15 is 0 Å². The molecule has 2 aromatic carbocycles. The largest absolute Gasteiger partial charge is 0.314 e. The Labute approximate surface area is 126 Å². The number of aryl methyl sites for hydroxylation is 2. The van der Waals surface area contributed by atoms with Crippen molar-refractivity contribution in [1.29, 1.82) is 5.26 Å². The number of hydrogen-bond donors (Lipinski definition) is 0. The average Bonchev–Trinajstić information content (AvgIpc) is 2.84. The molecule has 3 aromatic rings. The standard InChI is InChI=1S/C17H13F2N3/c18-13-10-15-16(11-14(13)19)22(9-8-20)17(21-15)7-6-12-4-2-1-3-5-12/h1-5,10-11H,6-7,9H2. The number of halogens is 2. The quantitative estimate of drug-likeness (QED) is 0.738. The van der Waals surface area contributed by atoms with E-state index in [1.165, 1.54) is 0 Å². The molecule has 22 heavy (non-hydrogen) atoms. The molecule has 0 N–H and O–H groups in total. The van der Waals surface area contributed by atoms with Gasteiger partial charge in [0.2, 0.25) is 0 Å². The minimum absolute atomic E-state index is 0.0612. The molecule has 0 spiro atoms. The molecule has 0 bridgehead atoms. The molecule has 0 atom stereocenters. The molecule has 110 valence electrons. The zero-order chi connectivity index (χ0) is 15.5. The van der Waals surface area contributed by atoms with E-state index in [9.17, 15) is 8.78 Å². The molecular formula is C17H13F2N3. The molecule has 0 aliphatic heterocycles. The van der Waals surface area contributed by atoms with E-state index in [1.54, 1.807) is 4.57 Å². The highest BCUT2D eigenvalue weighted by atomic mass is 19.2. The second-order valence-corrected chi connectivity index (χ2v) is 5.01. The van der Waals surface area contributed by atoms with E-state index < -0.39 is 11.6 Å². The lowest BCUT2D eigenvalue weighted by Gasteiger charge is -2.05. The number of nitriles is 1. The fourth-order valence-electron chi connectivity index (χ4n) is 2.51. The molecule has 0 saturated carbocycles. The first-order chi connectivity index (χ1) is 10.7. The molecule has 0 amide bonds. The summed E-state index contributed by atoms with van der Waals surface area (Å²) in [5, 5.41) is 8.96. The van der Waals surface area contributed by atoms with E-state index in [2.05, 4.69) is 4.98 Å². The summed E-state index contributed by atoms with van der Waals surface area (Å²) in [5.74, 6) is -1.20. The minimum atomic E-state index is -0.929. The van der Waals surface area contributed by atoms with Crippen LogP contribution in [-0.2, 0) is 19.4 Å². The number of nitrogens with zero attached hydrogens (tertiary/aromatic N) is 3. The van der Waals surface area contributed by atoms with E-state index in [0.29, 0.717) is 23.3 Å². The van der Waals surface area contributed by atoms with Gasteiger partial charge in [0.25, 0.3) is 0 Å². The van der Waals surface area contributed by atoms with Gasteiger partial charge in [-0.2, -0.15) is 5.26 Å². The van der Waals surface area contributed by atoms with Gasteiger partial charge in [0, 0.05) is 18.6 Å². The van der Waals surface area contributed by atoms with Crippen molar-refractivity contribution < 1.29 is 8.78 Å². The Kier molecular flexibility index (Phi) is 3.84. The lowest BCUT2D eigenvalue weighted by molar-refractivity contribution is 0.510. The van der Waals surface area contributed by atoms with Gasteiger partial charge in [0.15, 0.2) is 11.6 Å². The van der Waals surface area contributed by atoms with Gasteiger partial charge in [-0.05, 0) is 12.0 Å². The molecule has 0 aliphatic rings. The third kappa shape index (κ3) is 2.68.